The molecule has 9 heteroatoms. The van der Waals surface area contributed by atoms with Gasteiger partial charge in [-0.1, -0.05) is 5.10 Å². The van der Waals surface area contributed by atoms with Gasteiger partial charge in [0.05, 0.1) is 10.0 Å². The Kier molecular flexibility index (Phi) is 1.02. The summed E-state index contributed by atoms with van der Waals surface area (Å²) in [7, 11) is 0. The van der Waals surface area contributed by atoms with Crippen LogP contribution < -0.4 is 9.96 Å². The summed E-state index contributed by atoms with van der Waals surface area (Å²) in [5.74, 6) is 0.0274. The van der Waals surface area contributed by atoms with E-state index in [0.29, 0.717) is 0 Å². The van der Waals surface area contributed by atoms with Crippen LogP contribution in [0.15, 0.2) is 4.63 Å². The predicted molar refractivity (Wildman–Crippen MR) is 23.0 cm³/mol. The number of H-pyrrole nitrogens is 1. The molecule has 0 unspecified atom stereocenters. The largest absolute Gasteiger partial charge is 0.830 e. The van der Waals surface area contributed by atoms with Gasteiger partial charge >= 0.3 is 5.95 Å². The molecule has 11 heavy (non-hydrogen) atoms. The molecule has 0 amide bonds. The van der Waals surface area contributed by atoms with Crippen LogP contribution in [0.4, 0.5) is 0 Å². The monoisotopic (exact) mass is 155 g/mol. The predicted octanol–water partition coefficient (Wildman–Crippen LogP) is -3.07. The van der Waals surface area contributed by atoms with Gasteiger partial charge in [-0.2, -0.15) is 0 Å². The second-order valence-corrected chi connectivity index (χ2v) is 1.54. The molecule has 56 valence electrons. The summed E-state index contributed by atoms with van der Waals surface area (Å²) in [6.07, 6.45) is 0. The van der Waals surface area contributed by atoms with Gasteiger partial charge < -0.3 is 5.11 Å². The van der Waals surface area contributed by atoms with E-state index in [9.17, 15) is 5.11 Å². The van der Waals surface area contributed by atoms with E-state index in [0.717, 1.165) is 4.85 Å². The van der Waals surface area contributed by atoms with E-state index < -0.39 is 6.01 Å². The number of hydrogen-bond donors (Lipinski definition) is 1. The van der Waals surface area contributed by atoms with Gasteiger partial charge in [0, 0.05) is 15.4 Å². The minimum Gasteiger partial charge on any atom is -0.830 e. The van der Waals surface area contributed by atoms with Gasteiger partial charge in [-0.05, 0) is 0 Å². The third-order valence-electron chi connectivity index (χ3n) is 0.878. The molecule has 2 aromatic rings. The van der Waals surface area contributed by atoms with Crippen LogP contribution in [0.3, 0.4) is 0 Å². The van der Waals surface area contributed by atoms with Crippen molar-refractivity contribution in [3.8, 4) is 12.0 Å². The van der Waals surface area contributed by atoms with Crippen LogP contribution in [0.5, 0.6) is 6.01 Å². The highest BCUT2D eigenvalue weighted by molar-refractivity contribution is 4.78. The molecule has 0 saturated carbocycles. The van der Waals surface area contributed by atoms with Crippen molar-refractivity contribution in [2.45, 2.75) is 0 Å². The third-order valence-corrected chi connectivity index (χ3v) is 0.878. The average molecular weight is 155 g/mol. The molecule has 0 aliphatic heterocycles. The van der Waals surface area contributed by atoms with E-state index in [2.05, 4.69) is 35.5 Å². The Morgan fingerprint density at radius 3 is 3.00 bits per heavy atom. The molecular formula is C2HN7O2. The number of hydrogen-bond acceptors (Lipinski definition) is 7. The van der Waals surface area contributed by atoms with E-state index in [-0.39, 0.29) is 5.95 Å². The van der Waals surface area contributed by atoms with Crippen molar-refractivity contribution in [2.75, 3.05) is 0 Å². The number of tetrazole rings is 1. The zero-order valence-corrected chi connectivity index (χ0v) is 5.00. The first-order valence-corrected chi connectivity index (χ1v) is 2.53. The average Bonchev–Trinajstić information content (AvgIpc) is 2.55. The first-order chi connectivity index (χ1) is 5.36. The molecule has 2 rings (SSSR count). The van der Waals surface area contributed by atoms with Crippen molar-refractivity contribution in [1.29, 1.82) is 0 Å². The minimum absolute atomic E-state index is 0.0274. The Bertz CT molecular complexity index is 337. The van der Waals surface area contributed by atoms with Crippen LogP contribution in [0.25, 0.3) is 5.95 Å². The minimum atomic E-state index is -0.741. The van der Waals surface area contributed by atoms with E-state index in [1.807, 2.05) is 0 Å². The van der Waals surface area contributed by atoms with E-state index in [1.54, 1.807) is 0 Å². The zero-order chi connectivity index (χ0) is 7.68. The normalized spacial score (nSPS) is 10.2. The lowest BCUT2D eigenvalue weighted by Crippen LogP contribution is -2.33. The topological polar surface area (TPSA) is 120 Å². The second-order valence-electron chi connectivity index (χ2n) is 1.54. The van der Waals surface area contributed by atoms with Gasteiger partial charge in [0.15, 0.2) is 0 Å². The summed E-state index contributed by atoms with van der Waals surface area (Å²) in [4.78, 5) is 0.756. The summed E-state index contributed by atoms with van der Waals surface area (Å²) in [5.41, 5.74) is 0. The maximum atomic E-state index is 10.4. The molecule has 1 N–H and O–H groups in total. The van der Waals surface area contributed by atoms with Gasteiger partial charge in [-0.25, -0.2) is 0 Å². The first-order valence-electron chi connectivity index (χ1n) is 2.53. The van der Waals surface area contributed by atoms with E-state index in [1.165, 1.54) is 0 Å². The summed E-state index contributed by atoms with van der Waals surface area (Å²) < 4.78 is 4.37. The van der Waals surface area contributed by atoms with Crippen molar-refractivity contribution >= 4 is 0 Å². The Morgan fingerprint density at radius 1 is 1.55 bits per heavy atom. The quantitative estimate of drug-likeness (QED) is 0.433. The molecule has 0 spiro atoms. The van der Waals surface area contributed by atoms with Crippen molar-refractivity contribution in [1.82, 2.24) is 30.9 Å². The Hall–Kier alpha value is -2.06. The van der Waals surface area contributed by atoms with E-state index in [4.69, 9.17) is 0 Å². The van der Waals surface area contributed by atoms with Crippen LogP contribution in [0.2, 0.25) is 0 Å². The Morgan fingerprint density at radius 2 is 2.45 bits per heavy atom. The molecule has 2 heterocycles. The van der Waals surface area contributed by atoms with Gasteiger partial charge in [-0.15, -0.1) is 9.84 Å². The van der Waals surface area contributed by atoms with Crippen molar-refractivity contribution in [2.24, 2.45) is 0 Å². The van der Waals surface area contributed by atoms with Gasteiger partial charge in [0.2, 0.25) is 6.01 Å². The molecule has 0 radical (unpaired) electrons. The summed E-state index contributed by atoms with van der Waals surface area (Å²) in [6.45, 7) is 0. The van der Waals surface area contributed by atoms with Crippen molar-refractivity contribution in [3.05, 3.63) is 0 Å². The second kappa shape index (κ2) is 1.97. The fourth-order valence-corrected chi connectivity index (χ4v) is 0.507. The number of aromatic nitrogens is 7. The zero-order valence-electron chi connectivity index (χ0n) is 5.00. The molecule has 0 bridgehead atoms. The fraction of sp³-hybridized carbons (Fsp3) is 0. The number of rotatable bonds is 1. The molecule has 2 aromatic heterocycles. The third kappa shape index (κ3) is 0.870. The summed E-state index contributed by atoms with van der Waals surface area (Å²) in [5, 5.41) is 28.9. The Balaban J connectivity index is 2.45. The fourth-order valence-electron chi connectivity index (χ4n) is 0.507. The van der Waals surface area contributed by atoms with Crippen LogP contribution in [0.1, 0.15) is 0 Å². The molecule has 0 atom stereocenters. The molecular weight excluding hydrogens is 154 g/mol. The van der Waals surface area contributed by atoms with Crippen molar-refractivity contribution < 1.29 is 14.6 Å². The van der Waals surface area contributed by atoms with Crippen LogP contribution in [-0.4, -0.2) is 30.9 Å². The summed E-state index contributed by atoms with van der Waals surface area (Å²) in [6, 6.07) is -0.741. The number of aromatic amines is 1. The maximum Gasteiger partial charge on any atom is 0.486 e. The molecule has 0 aliphatic rings. The van der Waals surface area contributed by atoms with Crippen LogP contribution in [-0.2, 0) is 0 Å². The molecule has 0 aliphatic carbocycles. The van der Waals surface area contributed by atoms with Crippen LogP contribution >= 0.6 is 0 Å². The van der Waals surface area contributed by atoms with Crippen LogP contribution in [0, 0.1) is 0 Å². The van der Waals surface area contributed by atoms with Gasteiger partial charge in [0.25, 0.3) is 0 Å². The standard InChI is InChI=1S/C2HN7O2/c10-2-5-9(11-6-2)1-3-7-8-4-1/h(H-,3,4,5,6,7,8,10). The highest BCUT2D eigenvalue weighted by atomic mass is 16.6. The van der Waals surface area contributed by atoms with E-state index >= 15 is 0 Å². The smallest absolute Gasteiger partial charge is 0.486 e. The summed E-state index contributed by atoms with van der Waals surface area (Å²) >= 11 is 0. The Labute approximate surface area is 58.6 Å². The lowest BCUT2D eigenvalue weighted by molar-refractivity contribution is -0.846. The molecule has 0 fully saturated rings. The highest BCUT2D eigenvalue weighted by Crippen LogP contribution is 1.84. The molecule has 0 saturated heterocycles. The van der Waals surface area contributed by atoms with Crippen molar-refractivity contribution in [3.63, 3.8) is 0 Å². The lowest BCUT2D eigenvalue weighted by Gasteiger charge is -1.78. The molecule has 0 aromatic carbocycles. The maximum absolute atomic E-state index is 10.4. The SMILES string of the molecule is [O-]c1no[n+](-c2nn[nH]n2)n1. The first kappa shape index (κ1) is 5.70. The lowest BCUT2D eigenvalue weighted by atomic mass is 11.1. The number of nitrogens with zero attached hydrogens (tertiary/aromatic N) is 6. The highest BCUT2D eigenvalue weighted by Gasteiger charge is 2.14. The van der Waals surface area contributed by atoms with Gasteiger partial charge in [-0.3, -0.25) is 0 Å². The molecule has 9 nitrogen and oxygen atoms in total. The van der Waals surface area contributed by atoms with Gasteiger partial charge in [0.1, 0.15) is 0 Å². The number of nitrogens with one attached hydrogen (secondary N) is 1.